The first-order chi connectivity index (χ1) is 11.2. The number of carbonyl (C=O) groups excluding carboxylic acids is 1. The Morgan fingerprint density at radius 3 is 2.13 bits per heavy atom. The molecular formula is C20H18N2O. The molecule has 0 bridgehead atoms. The third kappa shape index (κ3) is 3.64. The monoisotopic (exact) mass is 302 g/mol. The normalized spacial score (nSPS) is 10.3. The van der Waals surface area contributed by atoms with Gasteiger partial charge in [0.15, 0.2) is 0 Å². The largest absolute Gasteiger partial charge is 0.337 e. The summed E-state index contributed by atoms with van der Waals surface area (Å²) >= 11 is 0. The van der Waals surface area contributed by atoms with E-state index in [1.165, 1.54) is 0 Å². The van der Waals surface area contributed by atoms with Crippen LogP contribution in [0.4, 0.5) is 0 Å². The van der Waals surface area contributed by atoms with E-state index < -0.39 is 0 Å². The van der Waals surface area contributed by atoms with Gasteiger partial charge in [0.25, 0.3) is 5.91 Å². The maximum Gasteiger partial charge on any atom is 0.253 e. The number of hydrogen-bond donors (Lipinski definition) is 0. The Bertz CT molecular complexity index is 768. The molecule has 0 fully saturated rings. The number of hydrogen-bond acceptors (Lipinski definition) is 2. The number of carbonyl (C=O) groups is 1. The molecule has 114 valence electrons. The summed E-state index contributed by atoms with van der Waals surface area (Å²) in [5.41, 5.74) is 4.02. The third-order valence-corrected chi connectivity index (χ3v) is 3.75. The molecule has 0 saturated carbocycles. The van der Waals surface area contributed by atoms with E-state index in [0.29, 0.717) is 12.1 Å². The van der Waals surface area contributed by atoms with Crippen molar-refractivity contribution < 1.29 is 4.79 Å². The van der Waals surface area contributed by atoms with Crippen LogP contribution in [0, 0.1) is 0 Å². The van der Waals surface area contributed by atoms with Crippen molar-refractivity contribution in [1.82, 2.24) is 9.88 Å². The molecule has 0 aliphatic carbocycles. The molecule has 3 aromatic rings. The maximum atomic E-state index is 12.5. The van der Waals surface area contributed by atoms with Gasteiger partial charge in [0.05, 0.1) is 0 Å². The zero-order valence-electron chi connectivity index (χ0n) is 13.0. The van der Waals surface area contributed by atoms with Crippen molar-refractivity contribution in [3.05, 3.63) is 90.3 Å². The van der Waals surface area contributed by atoms with Crippen LogP contribution in [0.15, 0.2) is 79.1 Å². The van der Waals surface area contributed by atoms with Crippen LogP contribution in [0.3, 0.4) is 0 Å². The quantitative estimate of drug-likeness (QED) is 0.729. The van der Waals surface area contributed by atoms with Crippen LogP contribution in [0.1, 0.15) is 15.9 Å². The highest BCUT2D eigenvalue weighted by molar-refractivity contribution is 5.94. The Balaban J connectivity index is 1.72. The van der Waals surface area contributed by atoms with Crippen molar-refractivity contribution in [2.24, 2.45) is 0 Å². The van der Waals surface area contributed by atoms with Crippen molar-refractivity contribution >= 4 is 5.91 Å². The lowest BCUT2D eigenvalue weighted by atomic mass is 10.0. The SMILES string of the molecule is CN(Cc1ccncc1)C(=O)c1ccc(-c2ccccc2)cc1. The minimum absolute atomic E-state index is 0.0152. The summed E-state index contributed by atoms with van der Waals surface area (Å²) in [7, 11) is 1.81. The number of amides is 1. The Morgan fingerprint density at radius 2 is 1.48 bits per heavy atom. The van der Waals surface area contributed by atoms with Crippen LogP contribution in [0.2, 0.25) is 0 Å². The minimum atomic E-state index is 0.0152. The van der Waals surface area contributed by atoms with Crippen molar-refractivity contribution in [2.45, 2.75) is 6.54 Å². The number of benzene rings is 2. The van der Waals surface area contributed by atoms with Gasteiger partial charge in [-0.15, -0.1) is 0 Å². The number of rotatable bonds is 4. The Hall–Kier alpha value is -2.94. The van der Waals surface area contributed by atoms with Gasteiger partial charge >= 0.3 is 0 Å². The molecule has 0 N–H and O–H groups in total. The molecule has 0 aliphatic rings. The molecule has 3 rings (SSSR count). The topological polar surface area (TPSA) is 33.2 Å². The maximum absolute atomic E-state index is 12.5. The minimum Gasteiger partial charge on any atom is -0.337 e. The standard InChI is InChI=1S/C20H18N2O/c1-22(15-16-11-13-21-14-12-16)20(23)19-9-7-18(8-10-19)17-5-3-2-4-6-17/h2-14H,15H2,1H3. The Kier molecular flexibility index (Phi) is 4.48. The van der Waals surface area contributed by atoms with E-state index in [1.54, 1.807) is 17.3 Å². The molecule has 0 unspecified atom stereocenters. The average molecular weight is 302 g/mol. The molecule has 0 radical (unpaired) electrons. The fraction of sp³-hybridized carbons (Fsp3) is 0.100. The van der Waals surface area contributed by atoms with Gasteiger partial charge in [0.2, 0.25) is 0 Å². The number of pyridine rings is 1. The molecule has 2 aromatic carbocycles. The predicted octanol–water partition coefficient (Wildman–Crippen LogP) is 4.02. The zero-order valence-corrected chi connectivity index (χ0v) is 13.0. The van der Waals surface area contributed by atoms with Crippen LogP contribution in [0.5, 0.6) is 0 Å². The lowest BCUT2D eigenvalue weighted by Crippen LogP contribution is -2.26. The third-order valence-electron chi connectivity index (χ3n) is 3.75. The molecule has 1 amide bonds. The highest BCUT2D eigenvalue weighted by Gasteiger charge is 2.12. The average Bonchev–Trinajstić information content (AvgIpc) is 2.63. The van der Waals surface area contributed by atoms with Gasteiger partial charge in [-0.2, -0.15) is 0 Å². The first kappa shape index (κ1) is 15.0. The van der Waals surface area contributed by atoms with Crippen LogP contribution < -0.4 is 0 Å². The van der Waals surface area contributed by atoms with E-state index in [2.05, 4.69) is 17.1 Å². The predicted molar refractivity (Wildman–Crippen MR) is 91.9 cm³/mol. The second kappa shape index (κ2) is 6.88. The molecule has 0 spiro atoms. The first-order valence-corrected chi connectivity index (χ1v) is 7.54. The Morgan fingerprint density at radius 1 is 0.870 bits per heavy atom. The summed E-state index contributed by atoms with van der Waals surface area (Å²) in [6.07, 6.45) is 3.48. The summed E-state index contributed by atoms with van der Waals surface area (Å²) in [6.45, 7) is 0.571. The van der Waals surface area contributed by atoms with Crippen molar-refractivity contribution in [3.63, 3.8) is 0 Å². The van der Waals surface area contributed by atoms with Crippen molar-refractivity contribution in [3.8, 4) is 11.1 Å². The Labute approximate surface area is 136 Å². The fourth-order valence-electron chi connectivity index (χ4n) is 2.49. The van der Waals surface area contributed by atoms with Crippen molar-refractivity contribution in [1.29, 1.82) is 0 Å². The smallest absolute Gasteiger partial charge is 0.253 e. The number of aromatic nitrogens is 1. The highest BCUT2D eigenvalue weighted by atomic mass is 16.2. The van der Waals surface area contributed by atoms with E-state index in [-0.39, 0.29) is 5.91 Å². The van der Waals surface area contributed by atoms with Crippen LogP contribution >= 0.6 is 0 Å². The molecule has 0 saturated heterocycles. The molecule has 3 nitrogen and oxygen atoms in total. The van der Waals surface area contributed by atoms with E-state index in [9.17, 15) is 4.79 Å². The van der Waals surface area contributed by atoms with E-state index in [4.69, 9.17) is 0 Å². The summed E-state index contributed by atoms with van der Waals surface area (Å²) in [4.78, 5) is 18.2. The summed E-state index contributed by atoms with van der Waals surface area (Å²) in [6, 6.07) is 21.7. The van der Waals surface area contributed by atoms with E-state index in [0.717, 1.165) is 16.7 Å². The van der Waals surface area contributed by atoms with Gasteiger partial charge in [0.1, 0.15) is 0 Å². The van der Waals surface area contributed by atoms with Crippen LogP contribution in [0.25, 0.3) is 11.1 Å². The van der Waals surface area contributed by atoms with Gasteiger partial charge in [-0.3, -0.25) is 9.78 Å². The summed E-state index contributed by atoms with van der Waals surface area (Å²) in [5.74, 6) is 0.0152. The molecule has 1 aromatic heterocycles. The van der Waals surface area contributed by atoms with Gasteiger partial charge in [-0.1, -0.05) is 42.5 Å². The highest BCUT2D eigenvalue weighted by Crippen LogP contribution is 2.20. The summed E-state index contributed by atoms with van der Waals surface area (Å²) < 4.78 is 0. The van der Waals surface area contributed by atoms with Gasteiger partial charge in [0, 0.05) is 31.5 Å². The van der Waals surface area contributed by atoms with Crippen LogP contribution in [-0.4, -0.2) is 22.8 Å². The molecule has 0 aliphatic heterocycles. The van der Waals surface area contributed by atoms with E-state index >= 15 is 0 Å². The van der Waals surface area contributed by atoms with Gasteiger partial charge in [-0.05, 0) is 41.0 Å². The second-order valence-corrected chi connectivity index (χ2v) is 5.46. The summed E-state index contributed by atoms with van der Waals surface area (Å²) in [5, 5.41) is 0. The molecule has 0 atom stereocenters. The molecule has 1 heterocycles. The fourth-order valence-corrected chi connectivity index (χ4v) is 2.49. The van der Waals surface area contributed by atoms with Gasteiger partial charge in [-0.25, -0.2) is 0 Å². The number of nitrogens with zero attached hydrogens (tertiary/aromatic N) is 2. The molecule has 3 heteroatoms. The lowest BCUT2D eigenvalue weighted by Gasteiger charge is -2.17. The van der Waals surface area contributed by atoms with Crippen LogP contribution in [-0.2, 0) is 6.54 Å². The first-order valence-electron chi connectivity index (χ1n) is 7.54. The van der Waals surface area contributed by atoms with Crippen molar-refractivity contribution in [2.75, 3.05) is 7.05 Å². The second-order valence-electron chi connectivity index (χ2n) is 5.46. The molecule has 23 heavy (non-hydrogen) atoms. The molecular weight excluding hydrogens is 284 g/mol. The van der Waals surface area contributed by atoms with E-state index in [1.807, 2.05) is 61.6 Å². The zero-order chi connectivity index (χ0) is 16.1. The van der Waals surface area contributed by atoms with Gasteiger partial charge < -0.3 is 4.90 Å². The lowest BCUT2D eigenvalue weighted by molar-refractivity contribution is 0.0785.